The predicted molar refractivity (Wildman–Crippen MR) is 147 cm³/mol. The van der Waals surface area contributed by atoms with Crippen molar-refractivity contribution in [2.75, 3.05) is 42.0 Å². The average molecular weight is 580 g/mol. The summed E-state index contributed by atoms with van der Waals surface area (Å²) in [6.45, 7) is 4.85. The van der Waals surface area contributed by atoms with E-state index in [1.165, 1.54) is 37.6 Å². The van der Waals surface area contributed by atoms with E-state index in [9.17, 15) is 23.3 Å². The smallest absolute Gasteiger partial charge is 0.409 e. The number of primary amides is 1. The Hall–Kier alpha value is -4.37. The van der Waals surface area contributed by atoms with E-state index in [4.69, 9.17) is 26.8 Å². The molecule has 0 fully saturated rings. The van der Waals surface area contributed by atoms with E-state index >= 15 is 0 Å². The first kappa shape index (κ1) is 29.2. The number of hydrogen-bond acceptors (Lipinski definition) is 12. The van der Waals surface area contributed by atoms with Crippen LogP contribution < -0.4 is 30.7 Å². The molecule has 39 heavy (non-hydrogen) atoms. The van der Waals surface area contributed by atoms with E-state index in [1.807, 2.05) is 18.7 Å². The third-order valence-electron chi connectivity index (χ3n) is 5.41. The van der Waals surface area contributed by atoms with Crippen molar-refractivity contribution in [3.8, 4) is 11.5 Å². The number of nitrogens with two attached hydrogens (primary N) is 1. The Labute approximate surface area is 229 Å². The minimum absolute atomic E-state index is 0.000376. The van der Waals surface area contributed by atoms with Crippen LogP contribution in [0, 0.1) is 10.1 Å². The maximum Gasteiger partial charge on any atom is 0.409 e. The lowest BCUT2D eigenvalue weighted by atomic mass is 10.2. The predicted octanol–water partition coefficient (Wildman–Crippen LogP) is 4.24. The molecule has 0 aliphatic rings. The molecule has 1 aromatic heterocycles. The molecule has 2 aromatic carbocycles. The van der Waals surface area contributed by atoms with E-state index in [0.29, 0.717) is 24.5 Å². The van der Waals surface area contributed by atoms with Crippen LogP contribution in [0.3, 0.4) is 0 Å². The summed E-state index contributed by atoms with van der Waals surface area (Å²) in [5, 5.41) is 17.5. The lowest BCUT2D eigenvalue weighted by Gasteiger charge is -2.22. The molecule has 0 spiro atoms. The number of carbonyl (C=O) groups excluding carboxylic acids is 1. The van der Waals surface area contributed by atoms with Gasteiger partial charge >= 0.3 is 6.09 Å². The zero-order valence-electron chi connectivity index (χ0n) is 21.4. The van der Waals surface area contributed by atoms with Gasteiger partial charge in [-0.1, -0.05) is 11.6 Å². The number of halogens is 1. The number of nitrogens with zero attached hydrogens (tertiary/aromatic N) is 4. The Morgan fingerprint density at radius 3 is 2.44 bits per heavy atom. The highest BCUT2D eigenvalue weighted by molar-refractivity contribution is 7.90. The van der Waals surface area contributed by atoms with Gasteiger partial charge in [-0.2, -0.15) is 4.98 Å². The highest BCUT2D eigenvalue weighted by Gasteiger charge is 2.23. The monoisotopic (exact) mass is 579 g/mol. The number of anilines is 5. The van der Waals surface area contributed by atoms with Crippen LogP contribution in [0.4, 0.5) is 39.3 Å². The number of ether oxygens (including phenoxy) is 2. The third kappa shape index (κ3) is 6.94. The van der Waals surface area contributed by atoms with Crippen molar-refractivity contribution in [2.24, 2.45) is 5.73 Å². The van der Waals surface area contributed by atoms with Crippen molar-refractivity contribution < 1.29 is 27.6 Å². The van der Waals surface area contributed by atoms with Crippen LogP contribution in [0.5, 0.6) is 11.5 Å². The van der Waals surface area contributed by atoms with Crippen LogP contribution in [0.25, 0.3) is 0 Å². The number of nitro benzene ring substituents is 1. The molecule has 1 heterocycles. The lowest BCUT2D eigenvalue weighted by molar-refractivity contribution is -0.384. The molecule has 0 bridgehead atoms. The first-order valence-electron chi connectivity index (χ1n) is 11.4. The maximum absolute atomic E-state index is 12.3. The number of methoxy groups -OCH3 is 1. The van der Waals surface area contributed by atoms with Gasteiger partial charge in [-0.3, -0.25) is 10.1 Å². The van der Waals surface area contributed by atoms with E-state index in [1.54, 1.807) is 6.07 Å². The topological polar surface area (TPSA) is 192 Å². The molecular formula is C23H26ClN7O7S. The lowest BCUT2D eigenvalue weighted by Crippen LogP contribution is -2.23. The second kappa shape index (κ2) is 12.0. The highest BCUT2D eigenvalue weighted by atomic mass is 35.5. The Morgan fingerprint density at radius 2 is 1.87 bits per heavy atom. The Bertz CT molecular complexity index is 1510. The van der Waals surface area contributed by atoms with Crippen molar-refractivity contribution in [1.82, 2.24) is 9.97 Å². The number of carbonyl (C=O) groups is 1. The van der Waals surface area contributed by atoms with Crippen molar-refractivity contribution in [3.05, 3.63) is 51.7 Å². The van der Waals surface area contributed by atoms with Crippen molar-refractivity contribution in [3.63, 3.8) is 0 Å². The molecule has 16 heteroatoms. The van der Waals surface area contributed by atoms with Crippen LogP contribution in [0.2, 0.25) is 5.02 Å². The number of rotatable bonds is 11. The molecule has 0 radical (unpaired) electrons. The van der Waals surface area contributed by atoms with Crippen LogP contribution in [-0.2, 0) is 9.84 Å². The second-order valence-electron chi connectivity index (χ2n) is 7.96. The molecule has 0 atom stereocenters. The Kier molecular flexibility index (Phi) is 8.98. The van der Waals surface area contributed by atoms with E-state index in [-0.39, 0.29) is 44.5 Å². The van der Waals surface area contributed by atoms with Crippen LogP contribution in [0.15, 0.2) is 41.4 Å². The number of aromatic nitrogens is 2. The third-order valence-corrected chi connectivity index (χ3v) is 6.84. The molecule has 3 aromatic rings. The minimum atomic E-state index is -3.73. The molecule has 0 saturated carbocycles. The fourth-order valence-corrected chi connectivity index (χ4v) is 4.62. The maximum atomic E-state index is 12.3. The van der Waals surface area contributed by atoms with Gasteiger partial charge in [0.1, 0.15) is 22.2 Å². The van der Waals surface area contributed by atoms with E-state index < -0.39 is 20.9 Å². The van der Waals surface area contributed by atoms with Gasteiger partial charge in [0.05, 0.1) is 34.5 Å². The standard InChI is InChI=1S/C23H26ClN7O7S/c1-5-30(6-2)17-11-19(37-3)15(10-18(17)31(33)34)28-23-26-12-14(24)21(29-23)27-16-9-13(38-22(25)32)7-8-20(16)39(4,35)36/h7-12H,5-6H2,1-4H3,(H2,25,32)(H2,26,27,28,29). The zero-order chi connectivity index (χ0) is 28.9. The largest absolute Gasteiger partial charge is 0.494 e. The summed E-state index contributed by atoms with van der Waals surface area (Å²) >= 11 is 6.26. The number of sulfone groups is 1. The molecule has 3 rings (SSSR count). The summed E-state index contributed by atoms with van der Waals surface area (Å²) in [6, 6.07) is 6.59. The van der Waals surface area contributed by atoms with Gasteiger partial charge in [-0.05, 0) is 26.0 Å². The van der Waals surface area contributed by atoms with E-state index in [2.05, 4.69) is 20.6 Å². The van der Waals surface area contributed by atoms with Crippen molar-refractivity contribution >= 4 is 62.0 Å². The molecule has 0 aliphatic heterocycles. The number of benzene rings is 2. The van der Waals surface area contributed by atoms with Gasteiger partial charge in [-0.25, -0.2) is 18.2 Å². The fourth-order valence-electron chi connectivity index (χ4n) is 3.66. The molecule has 0 unspecified atom stereocenters. The summed E-state index contributed by atoms with van der Waals surface area (Å²) in [7, 11) is -2.31. The van der Waals surface area contributed by atoms with Gasteiger partial charge in [0.2, 0.25) is 5.95 Å². The normalized spacial score (nSPS) is 11.0. The number of nitrogens with one attached hydrogen (secondary N) is 2. The summed E-state index contributed by atoms with van der Waals surface area (Å²) in [4.78, 5) is 32.6. The summed E-state index contributed by atoms with van der Waals surface area (Å²) < 4.78 is 34.9. The molecule has 4 N–H and O–H groups in total. The number of nitro groups is 1. The van der Waals surface area contributed by atoms with Gasteiger partial charge in [0.25, 0.3) is 5.69 Å². The first-order valence-corrected chi connectivity index (χ1v) is 13.6. The SMILES string of the molecule is CCN(CC)c1cc(OC)c(Nc2ncc(Cl)c(Nc3cc(OC(N)=O)ccc3S(C)(=O)=O)n2)cc1[N+](=O)[O-]. The van der Waals surface area contributed by atoms with Crippen molar-refractivity contribution in [2.45, 2.75) is 18.7 Å². The first-order chi connectivity index (χ1) is 18.4. The van der Waals surface area contributed by atoms with E-state index in [0.717, 1.165) is 6.26 Å². The van der Waals surface area contributed by atoms with Crippen LogP contribution >= 0.6 is 11.6 Å². The van der Waals surface area contributed by atoms with Gasteiger partial charge in [-0.15, -0.1) is 0 Å². The zero-order valence-corrected chi connectivity index (χ0v) is 23.0. The molecule has 0 aliphatic carbocycles. The fraction of sp³-hybridized carbons (Fsp3) is 0.261. The van der Waals surface area contributed by atoms with Gasteiger partial charge in [0, 0.05) is 37.5 Å². The number of amides is 1. The van der Waals surface area contributed by atoms with Gasteiger partial charge < -0.3 is 30.7 Å². The Morgan fingerprint density at radius 1 is 1.18 bits per heavy atom. The molecule has 1 amide bonds. The van der Waals surface area contributed by atoms with Crippen LogP contribution in [0.1, 0.15) is 13.8 Å². The molecule has 208 valence electrons. The summed E-state index contributed by atoms with van der Waals surface area (Å²) in [5.74, 6) is 0.233. The van der Waals surface area contributed by atoms with Crippen molar-refractivity contribution in [1.29, 1.82) is 0 Å². The molecule has 14 nitrogen and oxygen atoms in total. The molecular weight excluding hydrogens is 554 g/mol. The number of hydrogen-bond donors (Lipinski definition) is 3. The minimum Gasteiger partial charge on any atom is -0.494 e. The summed E-state index contributed by atoms with van der Waals surface area (Å²) in [6.07, 6.45) is 1.15. The summed E-state index contributed by atoms with van der Waals surface area (Å²) in [5.41, 5.74) is 5.50. The average Bonchev–Trinajstić information content (AvgIpc) is 2.86. The highest BCUT2D eigenvalue weighted by Crippen LogP contribution is 2.39. The Balaban J connectivity index is 2.04. The quantitative estimate of drug-likeness (QED) is 0.216. The van der Waals surface area contributed by atoms with Gasteiger partial charge in [0.15, 0.2) is 15.7 Å². The second-order valence-corrected chi connectivity index (χ2v) is 10.4. The molecule has 0 saturated heterocycles. The van der Waals surface area contributed by atoms with Crippen LogP contribution in [-0.4, -0.2) is 55.9 Å².